The lowest BCUT2D eigenvalue weighted by Gasteiger charge is -2.05. The number of rotatable bonds is 4. The third kappa shape index (κ3) is 2.93. The molecule has 6 nitrogen and oxygen atoms in total. The number of amides is 1. The molecule has 0 unspecified atom stereocenters. The van der Waals surface area contributed by atoms with E-state index in [-0.39, 0.29) is 10.7 Å². The molecule has 0 aliphatic heterocycles. The van der Waals surface area contributed by atoms with Crippen LogP contribution in [-0.4, -0.2) is 31.6 Å². The normalized spacial score (nSPS) is 11.1. The van der Waals surface area contributed by atoms with E-state index in [4.69, 9.17) is 5.73 Å². The van der Waals surface area contributed by atoms with Gasteiger partial charge in [0.25, 0.3) is 0 Å². The predicted molar refractivity (Wildman–Crippen MR) is 59.4 cm³/mol. The monoisotopic (exact) mass is 243 g/mol. The van der Waals surface area contributed by atoms with E-state index in [0.717, 1.165) is 0 Å². The van der Waals surface area contributed by atoms with Crippen molar-refractivity contribution >= 4 is 21.4 Å². The number of aromatic nitrogens is 1. The largest absolute Gasteiger partial charge is 0.396 e. The van der Waals surface area contributed by atoms with Crippen molar-refractivity contribution < 1.29 is 13.2 Å². The lowest BCUT2D eigenvalue weighted by atomic mass is 10.4. The van der Waals surface area contributed by atoms with Crippen LogP contribution in [0, 0.1) is 0 Å². The fraction of sp³-hybridized carbons (Fsp3) is 0.333. The van der Waals surface area contributed by atoms with Gasteiger partial charge in [0, 0.05) is 12.7 Å². The maximum Gasteiger partial charge on any atom is 0.235 e. The molecular weight excluding hydrogens is 230 g/mol. The second-order valence-corrected chi connectivity index (χ2v) is 5.02. The summed E-state index contributed by atoms with van der Waals surface area (Å²) in [5, 5.41) is 2.16. The molecule has 0 radical (unpaired) electrons. The summed E-state index contributed by atoms with van der Waals surface area (Å²) in [4.78, 5) is 14.9. The molecule has 0 saturated heterocycles. The molecule has 0 fully saturated rings. The van der Waals surface area contributed by atoms with Crippen LogP contribution in [0.4, 0.5) is 5.69 Å². The number of nitrogen functional groups attached to an aromatic ring is 1. The summed E-state index contributed by atoms with van der Waals surface area (Å²) in [6, 6.07) is 2.96. The second kappa shape index (κ2) is 4.93. The van der Waals surface area contributed by atoms with Crippen LogP contribution in [0.1, 0.15) is 6.92 Å². The van der Waals surface area contributed by atoms with Gasteiger partial charge in [-0.15, -0.1) is 0 Å². The standard InChI is InChI=1S/C9H13N3O3S/c1-2-11-8(13)6-16(14,15)9-7(10)4-3-5-12-9/h3-5H,2,6,10H2,1H3,(H,11,13). The van der Waals surface area contributed by atoms with Gasteiger partial charge in [0.15, 0.2) is 5.03 Å². The molecular formula is C9H13N3O3S. The highest BCUT2D eigenvalue weighted by Gasteiger charge is 2.22. The van der Waals surface area contributed by atoms with Crippen LogP contribution in [0.5, 0.6) is 0 Å². The molecule has 7 heteroatoms. The zero-order chi connectivity index (χ0) is 12.2. The Morgan fingerprint density at radius 2 is 2.25 bits per heavy atom. The Kier molecular flexibility index (Phi) is 3.83. The number of anilines is 1. The second-order valence-electron chi connectivity index (χ2n) is 3.11. The van der Waals surface area contributed by atoms with E-state index in [0.29, 0.717) is 6.54 Å². The summed E-state index contributed by atoms with van der Waals surface area (Å²) in [7, 11) is -3.76. The van der Waals surface area contributed by atoms with Gasteiger partial charge in [0.2, 0.25) is 15.7 Å². The first-order valence-electron chi connectivity index (χ1n) is 4.67. The average molecular weight is 243 g/mol. The zero-order valence-corrected chi connectivity index (χ0v) is 9.62. The Balaban J connectivity index is 2.95. The molecule has 0 aromatic carbocycles. The molecule has 88 valence electrons. The van der Waals surface area contributed by atoms with Crippen molar-refractivity contribution in [2.24, 2.45) is 0 Å². The van der Waals surface area contributed by atoms with Crippen molar-refractivity contribution in [3.8, 4) is 0 Å². The van der Waals surface area contributed by atoms with Crippen LogP contribution in [-0.2, 0) is 14.6 Å². The minimum Gasteiger partial charge on any atom is -0.396 e. The van der Waals surface area contributed by atoms with E-state index < -0.39 is 21.5 Å². The maximum absolute atomic E-state index is 11.7. The SMILES string of the molecule is CCNC(=O)CS(=O)(=O)c1ncccc1N. The van der Waals surface area contributed by atoms with E-state index in [9.17, 15) is 13.2 Å². The van der Waals surface area contributed by atoms with Gasteiger partial charge >= 0.3 is 0 Å². The first-order chi connectivity index (χ1) is 7.47. The third-order valence-corrected chi connectivity index (χ3v) is 3.36. The molecule has 0 bridgehead atoms. The number of pyridine rings is 1. The van der Waals surface area contributed by atoms with E-state index in [2.05, 4.69) is 10.3 Å². The first kappa shape index (κ1) is 12.4. The molecule has 0 aliphatic rings. The van der Waals surface area contributed by atoms with Gasteiger partial charge in [-0.3, -0.25) is 4.79 Å². The highest BCUT2D eigenvalue weighted by atomic mass is 32.2. The number of hydrogen-bond donors (Lipinski definition) is 2. The fourth-order valence-electron chi connectivity index (χ4n) is 1.15. The van der Waals surface area contributed by atoms with Gasteiger partial charge in [-0.1, -0.05) is 0 Å². The quantitative estimate of drug-likeness (QED) is 0.747. The molecule has 1 aromatic rings. The number of hydrogen-bond acceptors (Lipinski definition) is 5. The molecule has 0 aliphatic carbocycles. The van der Waals surface area contributed by atoms with Crippen molar-refractivity contribution in [1.29, 1.82) is 0 Å². The minimum atomic E-state index is -3.76. The van der Waals surface area contributed by atoms with E-state index in [1.54, 1.807) is 6.92 Å². The molecule has 0 saturated carbocycles. The van der Waals surface area contributed by atoms with Crippen molar-refractivity contribution in [1.82, 2.24) is 10.3 Å². The van der Waals surface area contributed by atoms with E-state index in [1.807, 2.05) is 0 Å². The summed E-state index contributed by atoms with van der Waals surface area (Å²) >= 11 is 0. The van der Waals surface area contributed by atoms with Gasteiger partial charge in [0.1, 0.15) is 5.75 Å². The summed E-state index contributed by atoms with van der Waals surface area (Å²) in [6.45, 7) is 2.09. The number of nitrogens with zero attached hydrogens (tertiary/aromatic N) is 1. The first-order valence-corrected chi connectivity index (χ1v) is 6.32. The lowest BCUT2D eigenvalue weighted by Crippen LogP contribution is -2.30. The number of nitrogens with two attached hydrogens (primary N) is 1. The maximum atomic E-state index is 11.7. The van der Waals surface area contributed by atoms with Crippen LogP contribution in [0.2, 0.25) is 0 Å². The van der Waals surface area contributed by atoms with Crippen LogP contribution in [0.25, 0.3) is 0 Å². The van der Waals surface area contributed by atoms with Crippen molar-refractivity contribution in [2.45, 2.75) is 11.9 Å². The third-order valence-electron chi connectivity index (χ3n) is 1.79. The number of carbonyl (C=O) groups is 1. The Hall–Kier alpha value is -1.63. The van der Waals surface area contributed by atoms with Gasteiger partial charge in [0.05, 0.1) is 5.69 Å². The Morgan fingerprint density at radius 1 is 1.56 bits per heavy atom. The fourth-order valence-corrected chi connectivity index (χ4v) is 2.38. The summed E-state index contributed by atoms with van der Waals surface area (Å²) in [6.07, 6.45) is 1.32. The number of nitrogens with one attached hydrogen (secondary N) is 1. The molecule has 0 spiro atoms. The minimum absolute atomic E-state index is 0.0480. The molecule has 16 heavy (non-hydrogen) atoms. The number of sulfone groups is 1. The summed E-state index contributed by atoms with van der Waals surface area (Å²) in [5.41, 5.74) is 5.53. The van der Waals surface area contributed by atoms with Crippen LogP contribution in [0.3, 0.4) is 0 Å². The Bertz CT molecular complexity index is 485. The molecule has 1 aromatic heterocycles. The van der Waals surface area contributed by atoms with Crippen molar-refractivity contribution in [3.05, 3.63) is 18.3 Å². The van der Waals surface area contributed by atoms with Crippen molar-refractivity contribution in [3.63, 3.8) is 0 Å². The van der Waals surface area contributed by atoms with Gasteiger partial charge < -0.3 is 11.1 Å². The van der Waals surface area contributed by atoms with Crippen LogP contribution < -0.4 is 11.1 Å². The summed E-state index contributed by atoms with van der Waals surface area (Å²) in [5.74, 6) is -1.20. The van der Waals surface area contributed by atoms with E-state index >= 15 is 0 Å². The van der Waals surface area contributed by atoms with Crippen LogP contribution >= 0.6 is 0 Å². The highest BCUT2D eigenvalue weighted by Crippen LogP contribution is 2.15. The Labute approximate surface area is 93.8 Å². The predicted octanol–water partition coefficient (Wildman–Crippen LogP) is -0.426. The van der Waals surface area contributed by atoms with Crippen molar-refractivity contribution in [2.75, 3.05) is 18.0 Å². The lowest BCUT2D eigenvalue weighted by molar-refractivity contribution is -0.118. The Morgan fingerprint density at radius 3 is 2.81 bits per heavy atom. The van der Waals surface area contributed by atoms with Gasteiger partial charge in [-0.2, -0.15) is 0 Å². The summed E-state index contributed by atoms with van der Waals surface area (Å²) < 4.78 is 23.5. The van der Waals surface area contributed by atoms with Gasteiger partial charge in [-0.05, 0) is 19.1 Å². The van der Waals surface area contributed by atoms with Gasteiger partial charge in [-0.25, -0.2) is 13.4 Å². The topological polar surface area (TPSA) is 102 Å². The smallest absolute Gasteiger partial charge is 0.235 e. The molecule has 1 heterocycles. The average Bonchev–Trinajstić information content (AvgIpc) is 2.17. The highest BCUT2D eigenvalue weighted by molar-refractivity contribution is 7.92. The van der Waals surface area contributed by atoms with E-state index in [1.165, 1.54) is 18.3 Å². The molecule has 0 atom stereocenters. The molecule has 1 rings (SSSR count). The molecule has 3 N–H and O–H groups in total. The molecule has 1 amide bonds. The van der Waals surface area contributed by atoms with Crippen LogP contribution in [0.15, 0.2) is 23.4 Å². The zero-order valence-electron chi connectivity index (χ0n) is 8.80. The number of carbonyl (C=O) groups excluding carboxylic acids is 1.